The number of anilines is 1. The van der Waals surface area contributed by atoms with Gasteiger partial charge in [-0.3, -0.25) is 9.59 Å². The summed E-state index contributed by atoms with van der Waals surface area (Å²) < 4.78 is 5.28. The predicted octanol–water partition coefficient (Wildman–Crippen LogP) is 2.76. The summed E-state index contributed by atoms with van der Waals surface area (Å²) in [5, 5.41) is 2.80. The monoisotopic (exact) mass is 352 g/mol. The van der Waals surface area contributed by atoms with E-state index in [1.807, 2.05) is 60.7 Å². The molecule has 0 aromatic heterocycles. The van der Waals surface area contributed by atoms with E-state index in [2.05, 4.69) is 5.32 Å². The number of ether oxygens (including phenoxy) is 1. The van der Waals surface area contributed by atoms with Crippen LogP contribution < -0.4 is 10.2 Å². The van der Waals surface area contributed by atoms with Crippen LogP contribution in [0.4, 0.5) is 5.69 Å². The Morgan fingerprint density at radius 1 is 0.962 bits per heavy atom. The van der Waals surface area contributed by atoms with Crippen molar-refractivity contribution in [1.82, 2.24) is 5.32 Å². The fourth-order valence-electron chi connectivity index (χ4n) is 3.06. The molecule has 1 fully saturated rings. The van der Waals surface area contributed by atoms with Crippen LogP contribution in [0.25, 0.3) is 0 Å². The lowest BCUT2D eigenvalue weighted by atomic mass is 9.99. The molecule has 5 heteroatoms. The Morgan fingerprint density at radius 3 is 2.23 bits per heavy atom. The number of hydrogen-bond donors (Lipinski definition) is 1. The van der Waals surface area contributed by atoms with Gasteiger partial charge in [-0.2, -0.15) is 0 Å². The summed E-state index contributed by atoms with van der Waals surface area (Å²) in [5.74, 6) is -0.245. The number of nitrogens with zero attached hydrogens (tertiary/aromatic N) is 1. The lowest BCUT2D eigenvalue weighted by Gasteiger charge is -2.25. The molecule has 2 aromatic carbocycles. The van der Waals surface area contributed by atoms with E-state index in [-0.39, 0.29) is 24.3 Å². The van der Waals surface area contributed by atoms with E-state index in [1.54, 1.807) is 4.90 Å². The molecule has 2 aromatic rings. The highest BCUT2D eigenvalue weighted by atomic mass is 16.5. The maximum atomic E-state index is 12.8. The standard InChI is InChI=1S/C21H24N2O3/c24-20(15-22-21(25)18-11-13-26-14-12-18)23(19-9-5-2-6-10-19)16-17-7-3-1-4-8-17/h1-10,18H,11-16H2,(H,22,25). The average molecular weight is 352 g/mol. The molecule has 0 bridgehead atoms. The Morgan fingerprint density at radius 2 is 1.58 bits per heavy atom. The summed E-state index contributed by atoms with van der Waals surface area (Å²) in [6, 6.07) is 19.4. The summed E-state index contributed by atoms with van der Waals surface area (Å²) >= 11 is 0. The molecule has 5 nitrogen and oxygen atoms in total. The zero-order chi connectivity index (χ0) is 18.2. The van der Waals surface area contributed by atoms with Crippen molar-refractivity contribution < 1.29 is 14.3 Å². The van der Waals surface area contributed by atoms with Gasteiger partial charge in [0.1, 0.15) is 0 Å². The smallest absolute Gasteiger partial charge is 0.246 e. The molecule has 1 aliphatic rings. The topological polar surface area (TPSA) is 58.6 Å². The predicted molar refractivity (Wildman–Crippen MR) is 101 cm³/mol. The van der Waals surface area contributed by atoms with Crippen LogP contribution in [0, 0.1) is 5.92 Å². The van der Waals surface area contributed by atoms with Crippen LogP contribution in [0.2, 0.25) is 0 Å². The van der Waals surface area contributed by atoms with Gasteiger partial charge in [0.25, 0.3) is 0 Å². The number of para-hydroxylation sites is 1. The van der Waals surface area contributed by atoms with Crippen LogP contribution in [0.3, 0.4) is 0 Å². The van der Waals surface area contributed by atoms with E-state index in [9.17, 15) is 9.59 Å². The van der Waals surface area contributed by atoms with E-state index in [0.717, 1.165) is 11.3 Å². The fraction of sp³-hybridized carbons (Fsp3) is 0.333. The molecule has 1 N–H and O–H groups in total. The first-order chi connectivity index (χ1) is 12.7. The highest BCUT2D eigenvalue weighted by molar-refractivity contribution is 5.96. The first kappa shape index (κ1) is 18.1. The van der Waals surface area contributed by atoms with Crippen molar-refractivity contribution in [2.45, 2.75) is 19.4 Å². The van der Waals surface area contributed by atoms with Crippen molar-refractivity contribution in [3.8, 4) is 0 Å². The minimum Gasteiger partial charge on any atom is -0.381 e. The lowest BCUT2D eigenvalue weighted by molar-refractivity contribution is -0.130. The van der Waals surface area contributed by atoms with Gasteiger partial charge >= 0.3 is 0 Å². The number of carbonyl (C=O) groups is 2. The molecule has 0 saturated carbocycles. The van der Waals surface area contributed by atoms with E-state index in [4.69, 9.17) is 4.74 Å². The van der Waals surface area contributed by atoms with Crippen LogP contribution in [0.5, 0.6) is 0 Å². The van der Waals surface area contributed by atoms with E-state index in [0.29, 0.717) is 32.6 Å². The first-order valence-corrected chi connectivity index (χ1v) is 8.99. The fourth-order valence-corrected chi connectivity index (χ4v) is 3.06. The summed E-state index contributed by atoms with van der Waals surface area (Å²) in [6.45, 7) is 1.68. The van der Waals surface area contributed by atoms with Crippen molar-refractivity contribution in [3.63, 3.8) is 0 Å². The number of carbonyl (C=O) groups excluding carboxylic acids is 2. The third kappa shape index (κ3) is 4.92. The molecular weight excluding hydrogens is 328 g/mol. The summed E-state index contributed by atoms with van der Waals surface area (Å²) in [7, 11) is 0. The molecule has 0 atom stereocenters. The molecule has 136 valence electrons. The minimum atomic E-state index is -0.125. The molecular formula is C21H24N2O3. The molecule has 1 heterocycles. The van der Waals surface area contributed by atoms with Gasteiger partial charge in [-0.15, -0.1) is 0 Å². The molecule has 0 spiro atoms. The minimum absolute atomic E-state index is 0.00207. The number of nitrogens with one attached hydrogen (secondary N) is 1. The third-order valence-electron chi connectivity index (χ3n) is 4.56. The lowest BCUT2D eigenvalue weighted by Crippen LogP contribution is -2.42. The number of hydrogen-bond acceptors (Lipinski definition) is 3. The molecule has 3 rings (SSSR count). The Bertz CT molecular complexity index is 713. The van der Waals surface area contributed by atoms with Gasteiger partial charge in [-0.25, -0.2) is 0 Å². The van der Waals surface area contributed by atoms with Crippen LogP contribution in [0.1, 0.15) is 18.4 Å². The Labute approximate surface area is 154 Å². The molecule has 1 saturated heterocycles. The van der Waals surface area contributed by atoms with Gasteiger partial charge in [0.05, 0.1) is 13.1 Å². The molecule has 26 heavy (non-hydrogen) atoms. The highest BCUT2D eigenvalue weighted by Crippen LogP contribution is 2.18. The first-order valence-electron chi connectivity index (χ1n) is 8.99. The van der Waals surface area contributed by atoms with Crippen molar-refractivity contribution in [2.75, 3.05) is 24.7 Å². The van der Waals surface area contributed by atoms with E-state index < -0.39 is 0 Å². The van der Waals surface area contributed by atoms with Crippen LogP contribution >= 0.6 is 0 Å². The Balaban J connectivity index is 1.65. The van der Waals surface area contributed by atoms with Crippen LogP contribution in [0.15, 0.2) is 60.7 Å². The van der Waals surface area contributed by atoms with Crippen molar-refractivity contribution in [2.24, 2.45) is 5.92 Å². The number of benzene rings is 2. The van der Waals surface area contributed by atoms with Gasteiger partial charge < -0.3 is 15.0 Å². The average Bonchev–Trinajstić information content (AvgIpc) is 2.72. The zero-order valence-corrected chi connectivity index (χ0v) is 14.8. The second-order valence-electron chi connectivity index (χ2n) is 6.41. The molecule has 0 radical (unpaired) electrons. The normalized spacial score (nSPS) is 14.6. The second kappa shape index (κ2) is 9.15. The van der Waals surface area contributed by atoms with Crippen molar-refractivity contribution >= 4 is 17.5 Å². The quantitative estimate of drug-likeness (QED) is 0.870. The SMILES string of the molecule is O=C(NCC(=O)N(Cc1ccccc1)c1ccccc1)C1CCOCC1. The van der Waals surface area contributed by atoms with Gasteiger partial charge in [0, 0.05) is 24.8 Å². The summed E-state index contributed by atoms with van der Waals surface area (Å²) in [4.78, 5) is 26.8. The summed E-state index contributed by atoms with van der Waals surface area (Å²) in [5.41, 5.74) is 1.86. The van der Waals surface area contributed by atoms with Gasteiger partial charge in [-0.05, 0) is 30.5 Å². The summed E-state index contributed by atoms with van der Waals surface area (Å²) in [6.07, 6.45) is 1.43. The second-order valence-corrected chi connectivity index (χ2v) is 6.41. The molecule has 1 aliphatic heterocycles. The van der Waals surface area contributed by atoms with E-state index >= 15 is 0 Å². The van der Waals surface area contributed by atoms with Gasteiger partial charge in [0.2, 0.25) is 11.8 Å². The van der Waals surface area contributed by atoms with E-state index in [1.165, 1.54) is 0 Å². The molecule has 0 aliphatic carbocycles. The zero-order valence-electron chi connectivity index (χ0n) is 14.8. The highest BCUT2D eigenvalue weighted by Gasteiger charge is 2.23. The van der Waals surface area contributed by atoms with Crippen LogP contribution in [-0.4, -0.2) is 31.6 Å². The van der Waals surface area contributed by atoms with Gasteiger partial charge in [0.15, 0.2) is 0 Å². The molecule has 0 unspecified atom stereocenters. The number of rotatable bonds is 6. The molecule has 2 amide bonds. The van der Waals surface area contributed by atoms with Crippen molar-refractivity contribution in [1.29, 1.82) is 0 Å². The maximum absolute atomic E-state index is 12.8. The van der Waals surface area contributed by atoms with Gasteiger partial charge in [-0.1, -0.05) is 48.5 Å². The van der Waals surface area contributed by atoms with Crippen molar-refractivity contribution in [3.05, 3.63) is 66.2 Å². The number of amides is 2. The van der Waals surface area contributed by atoms with Crippen LogP contribution in [-0.2, 0) is 20.9 Å². The Kier molecular flexibility index (Phi) is 6.39. The Hall–Kier alpha value is -2.66. The maximum Gasteiger partial charge on any atom is 0.246 e. The largest absolute Gasteiger partial charge is 0.381 e. The third-order valence-corrected chi connectivity index (χ3v) is 4.56.